The molecule has 1 atom stereocenters. The fraction of sp³-hybridized carbons (Fsp3) is 0.889. The zero-order valence-corrected chi connectivity index (χ0v) is 14.0. The Morgan fingerprint density at radius 2 is 1.67 bits per heavy atom. The van der Waals surface area contributed by atoms with Crippen LogP contribution in [0.4, 0.5) is 0 Å². The molecule has 0 aliphatic carbocycles. The van der Waals surface area contributed by atoms with Crippen molar-refractivity contribution in [3.63, 3.8) is 0 Å². The van der Waals surface area contributed by atoms with E-state index in [9.17, 15) is 16.8 Å². The normalized spacial score (nSPS) is 20.7. The van der Waals surface area contributed by atoms with Gasteiger partial charge in [0.25, 0.3) is 20.2 Å². The molecule has 21 heavy (non-hydrogen) atoms. The van der Waals surface area contributed by atoms with Gasteiger partial charge in [0.1, 0.15) is 7.11 Å². The highest BCUT2D eigenvalue weighted by molar-refractivity contribution is 7.85. The molecule has 4 N–H and O–H groups in total. The summed E-state index contributed by atoms with van der Waals surface area (Å²) in [6.45, 7) is 1.94. The van der Waals surface area contributed by atoms with E-state index in [1.54, 1.807) is 7.11 Å². The van der Waals surface area contributed by atoms with Gasteiger partial charge in [-0.15, -0.1) is 0 Å². The Balaban J connectivity index is 0. The molecular weight excluding hydrogens is 326 g/mol. The molecule has 0 saturated carbocycles. The van der Waals surface area contributed by atoms with Crippen molar-refractivity contribution in [3.8, 4) is 0 Å². The van der Waals surface area contributed by atoms with Gasteiger partial charge in [-0.2, -0.15) is 16.8 Å². The number of rotatable bonds is 2. The molecule has 0 bridgehead atoms. The molecule has 128 valence electrons. The number of oxime groups is 1. The number of nitrogens with zero attached hydrogens (tertiary/aromatic N) is 1. The highest BCUT2D eigenvalue weighted by Gasteiger charge is 2.18. The highest BCUT2D eigenvalue weighted by atomic mass is 32.2. The third kappa shape index (κ3) is 24.6. The third-order valence-corrected chi connectivity index (χ3v) is 1.87. The van der Waals surface area contributed by atoms with E-state index < -0.39 is 20.2 Å². The van der Waals surface area contributed by atoms with Gasteiger partial charge in [0.05, 0.1) is 24.3 Å². The molecule has 1 heterocycles. The molecule has 0 aromatic heterocycles. The molecule has 0 aromatic rings. The molecule has 0 spiro atoms. The summed E-state index contributed by atoms with van der Waals surface area (Å²) in [7, 11) is -3.81. The zero-order valence-electron chi connectivity index (χ0n) is 12.4. The third-order valence-electron chi connectivity index (χ3n) is 1.87. The fourth-order valence-corrected chi connectivity index (χ4v) is 1.25. The minimum absolute atomic E-state index is 0.337. The first kappa shape index (κ1) is 22.5. The van der Waals surface area contributed by atoms with Crippen LogP contribution in [0.1, 0.15) is 6.42 Å². The molecular formula is C9H23N3O7S2. The molecule has 1 rings (SSSR count). The maximum atomic E-state index is 9.19. The molecule has 1 fully saturated rings. The predicted molar refractivity (Wildman–Crippen MR) is 79.7 cm³/mol. The van der Waals surface area contributed by atoms with Crippen LogP contribution in [-0.4, -0.2) is 77.5 Å². The Labute approximate surface area is 125 Å². The number of likely N-dealkylation sites (N-methyl/N-ethyl adjacent to an activating group) is 1. The van der Waals surface area contributed by atoms with E-state index >= 15 is 0 Å². The van der Waals surface area contributed by atoms with Gasteiger partial charge in [0.15, 0.2) is 0 Å². The predicted octanol–water partition coefficient (Wildman–Crippen LogP) is -1.42. The smallest absolute Gasteiger partial charge is 0.261 e. The van der Waals surface area contributed by atoms with Gasteiger partial charge in [-0.1, -0.05) is 5.16 Å². The van der Waals surface area contributed by atoms with Crippen LogP contribution in [0.25, 0.3) is 0 Å². The SMILES string of the molecule is CNC1CNCCC1=NOC.CS(=O)(=O)O.CS(=O)(=O)O. The maximum absolute atomic E-state index is 9.19. The van der Waals surface area contributed by atoms with Crippen molar-refractivity contribution in [3.05, 3.63) is 0 Å². The number of nitrogens with one attached hydrogen (secondary N) is 2. The van der Waals surface area contributed by atoms with Crippen LogP contribution >= 0.6 is 0 Å². The second-order valence-electron chi connectivity index (χ2n) is 4.03. The van der Waals surface area contributed by atoms with E-state index in [-0.39, 0.29) is 0 Å². The summed E-state index contributed by atoms with van der Waals surface area (Å²) in [5.74, 6) is 0. The summed E-state index contributed by atoms with van der Waals surface area (Å²) < 4.78 is 51.7. The first-order valence-electron chi connectivity index (χ1n) is 5.71. The lowest BCUT2D eigenvalue weighted by Crippen LogP contribution is -2.48. The van der Waals surface area contributed by atoms with Crippen LogP contribution in [0.2, 0.25) is 0 Å². The maximum Gasteiger partial charge on any atom is 0.261 e. The van der Waals surface area contributed by atoms with Crippen LogP contribution in [0.3, 0.4) is 0 Å². The second kappa shape index (κ2) is 10.9. The number of piperidine rings is 1. The molecule has 1 aliphatic rings. The van der Waals surface area contributed by atoms with E-state index in [1.807, 2.05) is 7.05 Å². The summed E-state index contributed by atoms with van der Waals surface area (Å²) in [6, 6.07) is 0.337. The van der Waals surface area contributed by atoms with Crippen LogP contribution < -0.4 is 10.6 Å². The summed E-state index contributed by atoms with van der Waals surface area (Å²) in [4.78, 5) is 4.73. The monoisotopic (exact) mass is 349 g/mol. The molecule has 0 radical (unpaired) electrons. The van der Waals surface area contributed by atoms with E-state index in [2.05, 4.69) is 15.8 Å². The van der Waals surface area contributed by atoms with Gasteiger partial charge in [-0.3, -0.25) is 9.11 Å². The van der Waals surface area contributed by atoms with Crippen molar-refractivity contribution >= 4 is 25.9 Å². The van der Waals surface area contributed by atoms with Crippen LogP contribution in [0.5, 0.6) is 0 Å². The van der Waals surface area contributed by atoms with Gasteiger partial charge in [0.2, 0.25) is 0 Å². The highest BCUT2D eigenvalue weighted by Crippen LogP contribution is 1.99. The summed E-state index contributed by atoms with van der Waals surface area (Å²) in [6.07, 6.45) is 2.40. The first-order chi connectivity index (χ1) is 9.38. The zero-order chi connectivity index (χ0) is 17.1. The van der Waals surface area contributed by atoms with Crippen LogP contribution in [-0.2, 0) is 25.1 Å². The minimum atomic E-state index is -3.67. The summed E-state index contributed by atoms with van der Waals surface area (Å²) >= 11 is 0. The standard InChI is InChI=1S/C7H15N3O.2CH4O3S/c1-8-7-5-9-4-3-6(7)10-11-2;2*1-5(2,3)4/h7-9H,3-5H2,1-2H3;2*1H3,(H,2,3,4). The summed E-state index contributed by atoms with van der Waals surface area (Å²) in [5, 5.41) is 10.4. The molecule has 1 saturated heterocycles. The quantitative estimate of drug-likeness (QED) is 0.347. The Morgan fingerprint density at radius 1 is 1.24 bits per heavy atom. The number of hydrogen-bond donors (Lipinski definition) is 4. The van der Waals surface area contributed by atoms with Crippen molar-refractivity contribution in [1.29, 1.82) is 0 Å². The Kier molecular flexibility index (Phi) is 11.6. The Morgan fingerprint density at radius 3 is 2.00 bits per heavy atom. The molecule has 0 aromatic carbocycles. The molecule has 0 amide bonds. The average Bonchev–Trinajstić information content (AvgIpc) is 2.25. The van der Waals surface area contributed by atoms with Gasteiger partial charge in [-0.05, 0) is 7.05 Å². The van der Waals surface area contributed by atoms with Crippen molar-refractivity contribution < 1.29 is 30.8 Å². The van der Waals surface area contributed by atoms with Gasteiger partial charge in [0, 0.05) is 19.5 Å². The Bertz CT molecular complexity index is 455. The van der Waals surface area contributed by atoms with Crippen molar-refractivity contribution in [1.82, 2.24) is 10.6 Å². The van der Waals surface area contributed by atoms with Crippen molar-refractivity contribution in [2.45, 2.75) is 12.5 Å². The van der Waals surface area contributed by atoms with Gasteiger partial charge >= 0.3 is 0 Å². The molecule has 1 aliphatic heterocycles. The molecule has 12 heteroatoms. The van der Waals surface area contributed by atoms with Crippen molar-refractivity contribution in [2.75, 3.05) is 39.8 Å². The van der Waals surface area contributed by atoms with Crippen molar-refractivity contribution in [2.24, 2.45) is 5.16 Å². The van der Waals surface area contributed by atoms with E-state index in [4.69, 9.17) is 13.9 Å². The fourth-order valence-electron chi connectivity index (χ4n) is 1.25. The van der Waals surface area contributed by atoms with Crippen LogP contribution in [0, 0.1) is 0 Å². The topological polar surface area (TPSA) is 154 Å². The van der Waals surface area contributed by atoms with E-state index in [1.165, 1.54) is 0 Å². The van der Waals surface area contributed by atoms with E-state index in [0.29, 0.717) is 18.6 Å². The molecule has 10 nitrogen and oxygen atoms in total. The lowest BCUT2D eigenvalue weighted by molar-refractivity contribution is 0.209. The first-order valence-corrected chi connectivity index (χ1v) is 9.41. The lowest BCUT2D eigenvalue weighted by Gasteiger charge is -2.23. The Hall–Kier alpha value is -0.790. The lowest BCUT2D eigenvalue weighted by atomic mass is 10.1. The minimum Gasteiger partial charge on any atom is -0.399 e. The van der Waals surface area contributed by atoms with Crippen LogP contribution in [0.15, 0.2) is 5.16 Å². The van der Waals surface area contributed by atoms with E-state index in [0.717, 1.165) is 25.2 Å². The second-order valence-corrected chi connectivity index (χ2v) is 6.96. The van der Waals surface area contributed by atoms with Gasteiger partial charge < -0.3 is 15.5 Å². The summed E-state index contributed by atoms with van der Waals surface area (Å²) in [5.41, 5.74) is 1.11. The average molecular weight is 349 g/mol. The largest absolute Gasteiger partial charge is 0.399 e. The van der Waals surface area contributed by atoms with Gasteiger partial charge in [-0.25, -0.2) is 0 Å². The number of hydrogen-bond acceptors (Lipinski definition) is 8. The molecule has 1 unspecified atom stereocenters.